The third-order valence-corrected chi connectivity index (χ3v) is 2.87. The Morgan fingerprint density at radius 1 is 1.21 bits per heavy atom. The van der Waals surface area contributed by atoms with E-state index in [1.807, 2.05) is 58.0 Å². The summed E-state index contributed by atoms with van der Waals surface area (Å²) in [5.41, 5.74) is 5.90. The number of benzene rings is 1. The molecule has 1 rings (SSSR count). The van der Waals surface area contributed by atoms with Gasteiger partial charge in [0.1, 0.15) is 6.61 Å². The molecule has 0 radical (unpaired) electrons. The molecule has 3 N–H and O–H groups in total. The first kappa shape index (κ1) is 15.7. The molecule has 4 nitrogen and oxygen atoms in total. The summed E-state index contributed by atoms with van der Waals surface area (Å²) in [5.74, 6) is -0.160. The van der Waals surface area contributed by atoms with Crippen LogP contribution in [0.15, 0.2) is 30.3 Å². The largest absolute Gasteiger partial charge is 0.366 e. The maximum Gasteiger partial charge on any atom is 0.246 e. The van der Waals surface area contributed by atoms with E-state index < -0.39 is 5.54 Å². The number of rotatable bonds is 5. The molecule has 4 heteroatoms. The third-order valence-electron chi connectivity index (χ3n) is 2.87. The van der Waals surface area contributed by atoms with Gasteiger partial charge in [0.25, 0.3) is 0 Å². The molecule has 1 unspecified atom stereocenters. The summed E-state index contributed by atoms with van der Waals surface area (Å²) in [6.07, 6.45) is 0. The van der Waals surface area contributed by atoms with Gasteiger partial charge in [-0.25, -0.2) is 0 Å². The quantitative estimate of drug-likeness (QED) is 0.852. The molecule has 0 aliphatic carbocycles. The SMILES string of the molecule is CC(C)(C)OCC(=O)NC(C)(CN)c1ccccc1. The summed E-state index contributed by atoms with van der Waals surface area (Å²) in [6.45, 7) is 8.03. The number of nitrogens with two attached hydrogens (primary N) is 1. The van der Waals surface area contributed by atoms with E-state index in [2.05, 4.69) is 5.32 Å². The molecule has 0 saturated heterocycles. The Bertz CT molecular complexity index is 412. The molecule has 0 fully saturated rings. The second-order valence-corrected chi connectivity index (χ2v) is 5.85. The monoisotopic (exact) mass is 264 g/mol. The highest BCUT2D eigenvalue weighted by molar-refractivity contribution is 5.78. The number of carbonyl (C=O) groups is 1. The van der Waals surface area contributed by atoms with E-state index in [0.29, 0.717) is 6.54 Å². The molecular formula is C15H24N2O2. The van der Waals surface area contributed by atoms with Crippen molar-refractivity contribution >= 4 is 5.91 Å². The molecule has 0 saturated carbocycles. The molecule has 1 aromatic rings. The molecule has 106 valence electrons. The van der Waals surface area contributed by atoms with Crippen molar-refractivity contribution in [1.29, 1.82) is 0 Å². The average Bonchev–Trinajstić information content (AvgIpc) is 2.36. The van der Waals surface area contributed by atoms with Gasteiger partial charge >= 0.3 is 0 Å². The molecule has 0 aliphatic heterocycles. The average molecular weight is 264 g/mol. The summed E-state index contributed by atoms with van der Waals surface area (Å²) >= 11 is 0. The summed E-state index contributed by atoms with van der Waals surface area (Å²) in [6, 6.07) is 9.71. The van der Waals surface area contributed by atoms with Gasteiger partial charge in [0.2, 0.25) is 5.91 Å². The molecule has 19 heavy (non-hydrogen) atoms. The lowest BCUT2D eigenvalue weighted by Crippen LogP contribution is -2.50. The molecule has 1 atom stereocenters. The Labute approximate surface area is 115 Å². The Kier molecular flexibility index (Phi) is 5.09. The van der Waals surface area contributed by atoms with Gasteiger partial charge in [-0.3, -0.25) is 4.79 Å². The fraction of sp³-hybridized carbons (Fsp3) is 0.533. The highest BCUT2D eigenvalue weighted by Crippen LogP contribution is 2.19. The topological polar surface area (TPSA) is 64.3 Å². The van der Waals surface area contributed by atoms with Gasteiger partial charge in [-0.15, -0.1) is 0 Å². The smallest absolute Gasteiger partial charge is 0.246 e. The van der Waals surface area contributed by atoms with Gasteiger partial charge in [0.15, 0.2) is 0 Å². The Balaban J connectivity index is 2.69. The molecule has 0 spiro atoms. The van der Waals surface area contributed by atoms with E-state index in [4.69, 9.17) is 10.5 Å². The van der Waals surface area contributed by atoms with Crippen LogP contribution in [-0.4, -0.2) is 24.7 Å². The van der Waals surface area contributed by atoms with Crippen molar-refractivity contribution < 1.29 is 9.53 Å². The summed E-state index contributed by atoms with van der Waals surface area (Å²) in [5, 5.41) is 2.94. The van der Waals surface area contributed by atoms with Crippen LogP contribution in [0.1, 0.15) is 33.3 Å². The lowest BCUT2D eigenvalue weighted by Gasteiger charge is -2.30. The van der Waals surface area contributed by atoms with Gasteiger partial charge in [0, 0.05) is 6.54 Å². The van der Waals surface area contributed by atoms with Gasteiger partial charge in [0.05, 0.1) is 11.1 Å². The van der Waals surface area contributed by atoms with Crippen molar-refractivity contribution in [3.63, 3.8) is 0 Å². The van der Waals surface area contributed by atoms with Crippen molar-refractivity contribution in [1.82, 2.24) is 5.32 Å². The summed E-state index contributed by atoms with van der Waals surface area (Å²) < 4.78 is 5.46. The number of amides is 1. The van der Waals surface area contributed by atoms with Crippen LogP contribution in [0.25, 0.3) is 0 Å². The maximum atomic E-state index is 11.9. The molecule has 1 amide bonds. The maximum absolute atomic E-state index is 11.9. The predicted molar refractivity (Wildman–Crippen MR) is 76.7 cm³/mol. The second kappa shape index (κ2) is 6.17. The number of carbonyl (C=O) groups excluding carboxylic acids is 1. The molecule has 1 aromatic carbocycles. The predicted octanol–water partition coefficient (Wildman–Crippen LogP) is 1.79. The molecule has 0 aromatic heterocycles. The van der Waals surface area contributed by atoms with Gasteiger partial charge < -0.3 is 15.8 Å². The van der Waals surface area contributed by atoms with Crippen molar-refractivity contribution in [2.75, 3.05) is 13.2 Å². The highest BCUT2D eigenvalue weighted by Gasteiger charge is 2.27. The number of ether oxygens (including phenoxy) is 1. The van der Waals surface area contributed by atoms with Gasteiger partial charge in [-0.2, -0.15) is 0 Å². The zero-order valence-electron chi connectivity index (χ0n) is 12.2. The molecule has 0 heterocycles. The zero-order chi connectivity index (χ0) is 14.5. The van der Waals surface area contributed by atoms with Crippen LogP contribution in [0.5, 0.6) is 0 Å². The van der Waals surface area contributed by atoms with Crippen LogP contribution in [0.2, 0.25) is 0 Å². The fourth-order valence-corrected chi connectivity index (χ4v) is 1.67. The van der Waals surface area contributed by atoms with E-state index in [1.54, 1.807) is 0 Å². The standard InChI is InChI=1S/C15H24N2O2/c1-14(2,3)19-10-13(18)17-15(4,11-16)12-8-6-5-7-9-12/h5-9H,10-11,16H2,1-4H3,(H,17,18). The van der Waals surface area contributed by atoms with E-state index in [0.717, 1.165) is 5.56 Å². The first-order valence-corrected chi connectivity index (χ1v) is 6.47. The third kappa shape index (κ3) is 5.01. The molecule has 0 bridgehead atoms. The van der Waals surface area contributed by atoms with Crippen molar-refractivity contribution in [2.45, 2.75) is 38.8 Å². The van der Waals surface area contributed by atoms with Crippen LogP contribution in [0.3, 0.4) is 0 Å². The van der Waals surface area contributed by atoms with Crippen molar-refractivity contribution in [3.8, 4) is 0 Å². The number of hydrogen-bond acceptors (Lipinski definition) is 3. The molecular weight excluding hydrogens is 240 g/mol. The van der Waals surface area contributed by atoms with E-state index in [1.165, 1.54) is 0 Å². The van der Waals surface area contributed by atoms with Gasteiger partial charge in [-0.1, -0.05) is 30.3 Å². The normalized spacial score (nSPS) is 14.8. The zero-order valence-corrected chi connectivity index (χ0v) is 12.2. The van der Waals surface area contributed by atoms with Crippen LogP contribution in [-0.2, 0) is 15.1 Å². The van der Waals surface area contributed by atoms with Crippen molar-refractivity contribution in [3.05, 3.63) is 35.9 Å². The van der Waals surface area contributed by atoms with Crippen LogP contribution >= 0.6 is 0 Å². The first-order chi connectivity index (χ1) is 8.77. The van der Waals surface area contributed by atoms with Crippen LogP contribution in [0, 0.1) is 0 Å². The summed E-state index contributed by atoms with van der Waals surface area (Å²) in [4.78, 5) is 11.9. The minimum absolute atomic E-state index is 0.0337. The lowest BCUT2D eigenvalue weighted by atomic mass is 9.92. The second-order valence-electron chi connectivity index (χ2n) is 5.85. The fourth-order valence-electron chi connectivity index (χ4n) is 1.67. The van der Waals surface area contributed by atoms with Crippen LogP contribution < -0.4 is 11.1 Å². The Morgan fingerprint density at radius 3 is 2.26 bits per heavy atom. The van der Waals surface area contributed by atoms with E-state index >= 15 is 0 Å². The number of hydrogen-bond donors (Lipinski definition) is 2. The summed E-state index contributed by atoms with van der Waals surface area (Å²) in [7, 11) is 0. The van der Waals surface area contributed by atoms with E-state index in [9.17, 15) is 4.79 Å². The van der Waals surface area contributed by atoms with Crippen molar-refractivity contribution in [2.24, 2.45) is 5.73 Å². The minimum Gasteiger partial charge on any atom is -0.366 e. The van der Waals surface area contributed by atoms with Gasteiger partial charge in [-0.05, 0) is 33.3 Å². The Morgan fingerprint density at radius 2 is 1.79 bits per heavy atom. The number of nitrogens with one attached hydrogen (secondary N) is 1. The molecule has 0 aliphatic rings. The van der Waals surface area contributed by atoms with E-state index in [-0.39, 0.29) is 18.1 Å². The Hall–Kier alpha value is -1.39. The highest BCUT2D eigenvalue weighted by atomic mass is 16.5. The minimum atomic E-state index is -0.570. The lowest BCUT2D eigenvalue weighted by molar-refractivity contribution is -0.132. The van der Waals surface area contributed by atoms with Crippen LogP contribution in [0.4, 0.5) is 0 Å². The first-order valence-electron chi connectivity index (χ1n) is 6.47.